The zero-order valence-electron chi connectivity index (χ0n) is 12.6. The van der Waals surface area contributed by atoms with Crippen LogP contribution in [0.2, 0.25) is 0 Å². The van der Waals surface area contributed by atoms with E-state index in [1.807, 2.05) is 25.1 Å². The van der Waals surface area contributed by atoms with E-state index in [0.29, 0.717) is 5.92 Å². The topological polar surface area (TPSA) is 37.3 Å². The van der Waals surface area contributed by atoms with E-state index in [9.17, 15) is 9.90 Å². The lowest BCUT2D eigenvalue weighted by Crippen LogP contribution is -2.43. The van der Waals surface area contributed by atoms with E-state index in [1.54, 1.807) is 0 Å². The van der Waals surface area contributed by atoms with Crippen molar-refractivity contribution in [1.82, 2.24) is 0 Å². The highest BCUT2D eigenvalue weighted by Crippen LogP contribution is 2.60. The van der Waals surface area contributed by atoms with E-state index in [4.69, 9.17) is 0 Å². The smallest absolute Gasteiger partial charge is 0.309 e. The van der Waals surface area contributed by atoms with Crippen LogP contribution >= 0.6 is 31.9 Å². The van der Waals surface area contributed by atoms with Crippen molar-refractivity contribution in [3.05, 3.63) is 35.9 Å². The number of carbonyl (C=O) groups is 1. The van der Waals surface area contributed by atoms with Crippen LogP contribution in [0.25, 0.3) is 0 Å². The molecule has 0 amide bonds. The molecule has 2 nitrogen and oxygen atoms in total. The molecule has 1 aromatic carbocycles. The van der Waals surface area contributed by atoms with Crippen molar-refractivity contribution >= 4 is 37.8 Å². The fraction of sp³-hybridized carbons (Fsp3) is 0.588. The highest BCUT2D eigenvalue weighted by Gasteiger charge is 2.58. The fourth-order valence-electron chi connectivity index (χ4n) is 3.50. The summed E-state index contributed by atoms with van der Waals surface area (Å²) >= 11 is 7.64. The molecule has 1 N–H and O–H groups in total. The van der Waals surface area contributed by atoms with Crippen LogP contribution in [0.4, 0.5) is 0 Å². The van der Waals surface area contributed by atoms with Gasteiger partial charge in [0.1, 0.15) is 0 Å². The molecule has 0 unspecified atom stereocenters. The second-order valence-electron chi connectivity index (χ2n) is 6.76. The Labute approximate surface area is 143 Å². The van der Waals surface area contributed by atoms with E-state index in [0.717, 1.165) is 12.8 Å². The van der Waals surface area contributed by atoms with Crippen LogP contribution in [0.1, 0.15) is 44.0 Å². The van der Waals surface area contributed by atoms with Crippen molar-refractivity contribution in [3.8, 4) is 0 Å². The molecule has 21 heavy (non-hydrogen) atoms. The Balaban J connectivity index is 2.25. The maximum atomic E-state index is 11.7. The Morgan fingerprint density at radius 3 is 2.29 bits per heavy atom. The van der Waals surface area contributed by atoms with Crippen LogP contribution in [-0.2, 0) is 4.79 Å². The molecule has 1 aliphatic rings. The number of aliphatic carboxylic acids is 1. The van der Waals surface area contributed by atoms with Gasteiger partial charge in [0.05, 0.1) is 10.2 Å². The van der Waals surface area contributed by atoms with Gasteiger partial charge in [-0.2, -0.15) is 0 Å². The molecule has 0 bridgehead atoms. The molecule has 0 aromatic heterocycles. The van der Waals surface area contributed by atoms with E-state index >= 15 is 0 Å². The maximum Gasteiger partial charge on any atom is 0.309 e. The molecular formula is C17H22Br2O2. The second-order valence-corrected chi connectivity index (χ2v) is 8.80. The number of hydrogen-bond acceptors (Lipinski definition) is 1. The van der Waals surface area contributed by atoms with E-state index < -0.39 is 11.4 Å². The third-order valence-electron chi connectivity index (χ3n) is 5.56. The Hall–Kier alpha value is -0.350. The SMILES string of the molecule is CC1(C)[C@@H]([C@@H](Br)[C@@H](Br)c2ccccc2)CC[C@]1(C)C(=O)O. The normalized spacial score (nSPS) is 30.8. The Bertz CT molecular complexity index is 515. The van der Waals surface area contributed by atoms with Gasteiger partial charge in [0, 0.05) is 4.83 Å². The zero-order chi connectivity index (χ0) is 15.8. The molecular weight excluding hydrogens is 396 g/mol. The summed E-state index contributed by atoms with van der Waals surface area (Å²) in [6, 6.07) is 10.3. The number of rotatable bonds is 4. The first-order chi connectivity index (χ1) is 9.72. The fourth-order valence-corrected chi connectivity index (χ4v) is 5.40. The molecule has 2 rings (SSSR count). The molecule has 0 spiro atoms. The van der Waals surface area contributed by atoms with Gasteiger partial charge in [-0.05, 0) is 36.7 Å². The van der Waals surface area contributed by atoms with Gasteiger partial charge >= 0.3 is 5.97 Å². The van der Waals surface area contributed by atoms with Crippen molar-refractivity contribution in [2.45, 2.75) is 43.3 Å². The maximum absolute atomic E-state index is 11.7. The van der Waals surface area contributed by atoms with Crippen LogP contribution in [0, 0.1) is 16.7 Å². The number of benzene rings is 1. The third kappa shape index (κ3) is 2.81. The van der Waals surface area contributed by atoms with Gasteiger partial charge in [0.2, 0.25) is 0 Å². The summed E-state index contributed by atoms with van der Waals surface area (Å²) in [7, 11) is 0. The largest absolute Gasteiger partial charge is 0.481 e. The lowest BCUT2D eigenvalue weighted by Gasteiger charge is -2.41. The summed E-state index contributed by atoms with van der Waals surface area (Å²) < 4.78 is 0. The molecule has 4 heteroatoms. The second kappa shape index (κ2) is 6.04. The van der Waals surface area contributed by atoms with Gasteiger partial charge < -0.3 is 5.11 Å². The Morgan fingerprint density at radius 2 is 1.81 bits per heavy atom. The average molecular weight is 418 g/mol. The number of halogens is 2. The minimum atomic E-state index is -0.680. The van der Waals surface area contributed by atoms with Crippen molar-refractivity contribution in [2.75, 3.05) is 0 Å². The zero-order valence-corrected chi connectivity index (χ0v) is 15.8. The molecule has 1 aliphatic carbocycles. The molecule has 0 saturated heterocycles. The lowest BCUT2D eigenvalue weighted by molar-refractivity contribution is -0.154. The van der Waals surface area contributed by atoms with Gasteiger partial charge in [-0.15, -0.1) is 0 Å². The van der Waals surface area contributed by atoms with Gasteiger partial charge in [0.15, 0.2) is 0 Å². The van der Waals surface area contributed by atoms with Crippen molar-refractivity contribution in [1.29, 1.82) is 0 Å². The van der Waals surface area contributed by atoms with Crippen LogP contribution in [0.3, 0.4) is 0 Å². The molecule has 4 atom stereocenters. The molecule has 1 aromatic rings. The third-order valence-corrected chi connectivity index (χ3v) is 8.53. The minimum absolute atomic E-state index is 0.180. The first-order valence-corrected chi connectivity index (χ1v) is 9.11. The molecule has 0 aliphatic heterocycles. The standard InChI is InChI=1S/C17H22Br2O2/c1-16(2)12(9-10-17(16,3)15(20)21)14(19)13(18)11-7-5-4-6-8-11/h4-8,12-14H,9-10H2,1-3H3,(H,20,21)/t12-,13+,14-,17-/m1/s1. The van der Waals surface area contributed by atoms with Crippen LogP contribution < -0.4 is 0 Å². The first kappa shape index (κ1) is 17.0. The Morgan fingerprint density at radius 1 is 1.24 bits per heavy atom. The van der Waals surface area contributed by atoms with Gasteiger partial charge in [-0.3, -0.25) is 4.79 Å². The van der Waals surface area contributed by atoms with Gasteiger partial charge in [-0.1, -0.05) is 76.0 Å². The molecule has 116 valence electrons. The summed E-state index contributed by atoms with van der Waals surface area (Å²) in [5.74, 6) is -0.372. The van der Waals surface area contributed by atoms with E-state index in [2.05, 4.69) is 57.8 Å². The molecule has 1 fully saturated rings. The summed E-state index contributed by atoms with van der Waals surface area (Å²) in [6.45, 7) is 6.08. The average Bonchev–Trinajstić information content (AvgIpc) is 2.70. The summed E-state index contributed by atoms with van der Waals surface area (Å²) in [4.78, 5) is 12.1. The lowest BCUT2D eigenvalue weighted by atomic mass is 9.65. The monoisotopic (exact) mass is 416 g/mol. The van der Waals surface area contributed by atoms with Crippen LogP contribution in [0.15, 0.2) is 30.3 Å². The number of alkyl halides is 2. The predicted octanol–water partition coefficient (Wildman–Crippen LogP) is 5.41. The van der Waals surface area contributed by atoms with Gasteiger partial charge in [0.25, 0.3) is 0 Å². The number of hydrogen-bond donors (Lipinski definition) is 1. The van der Waals surface area contributed by atoms with E-state index in [1.165, 1.54) is 5.56 Å². The molecule has 1 saturated carbocycles. The van der Waals surface area contributed by atoms with Crippen molar-refractivity contribution in [3.63, 3.8) is 0 Å². The van der Waals surface area contributed by atoms with E-state index in [-0.39, 0.29) is 15.1 Å². The summed E-state index contributed by atoms with van der Waals surface area (Å²) in [5.41, 5.74) is 0.306. The minimum Gasteiger partial charge on any atom is -0.481 e. The van der Waals surface area contributed by atoms with Crippen molar-refractivity contribution < 1.29 is 9.90 Å². The van der Waals surface area contributed by atoms with Crippen LogP contribution in [0.5, 0.6) is 0 Å². The Kier molecular flexibility index (Phi) is 4.89. The quantitative estimate of drug-likeness (QED) is 0.664. The highest BCUT2D eigenvalue weighted by atomic mass is 79.9. The highest BCUT2D eigenvalue weighted by molar-refractivity contribution is 9.12. The number of carboxylic acids is 1. The van der Waals surface area contributed by atoms with Crippen molar-refractivity contribution in [2.24, 2.45) is 16.7 Å². The number of carboxylic acid groups (broad SMARTS) is 1. The summed E-state index contributed by atoms with van der Waals surface area (Å²) in [6.07, 6.45) is 1.66. The summed E-state index contributed by atoms with van der Waals surface area (Å²) in [5, 5.41) is 9.64. The molecule has 0 radical (unpaired) electrons. The molecule has 0 heterocycles. The van der Waals surface area contributed by atoms with Gasteiger partial charge in [-0.25, -0.2) is 0 Å². The predicted molar refractivity (Wildman–Crippen MR) is 93.1 cm³/mol. The van der Waals surface area contributed by atoms with Crippen LogP contribution in [-0.4, -0.2) is 15.9 Å². The first-order valence-electron chi connectivity index (χ1n) is 7.28.